The highest BCUT2D eigenvalue weighted by molar-refractivity contribution is 7.18. The van der Waals surface area contributed by atoms with Crippen molar-refractivity contribution in [1.82, 2.24) is 15.0 Å². The molecule has 0 aromatic carbocycles. The van der Waals surface area contributed by atoms with Crippen molar-refractivity contribution < 1.29 is 4.39 Å². The maximum atomic E-state index is 13.3. The number of nitrogens with zero attached hydrogens (tertiary/aromatic N) is 4. The molecular formula is C16H11FN4S. The lowest BCUT2D eigenvalue weighted by Crippen LogP contribution is -1.90. The number of nitriles is 1. The topological polar surface area (TPSA) is 62.5 Å². The highest BCUT2D eigenvalue weighted by Gasteiger charge is 2.17. The van der Waals surface area contributed by atoms with Crippen LogP contribution in [0.3, 0.4) is 0 Å². The minimum atomic E-state index is -0.400. The van der Waals surface area contributed by atoms with E-state index in [1.807, 2.05) is 6.92 Å². The van der Waals surface area contributed by atoms with Gasteiger partial charge in [-0.1, -0.05) is 6.92 Å². The standard InChI is InChI=1S/C16H11FN4S/c1-2-13-15(14-10(7-18)4-3-5-20-14)22-16(21-13)11-6-12(17)9-19-8-11/h3-6,8-9H,2H2,1H3. The van der Waals surface area contributed by atoms with Crippen LogP contribution >= 0.6 is 11.3 Å². The summed E-state index contributed by atoms with van der Waals surface area (Å²) in [6.07, 6.45) is 5.09. The van der Waals surface area contributed by atoms with E-state index >= 15 is 0 Å². The van der Waals surface area contributed by atoms with E-state index in [4.69, 9.17) is 0 Å². The molecule has 0 fully saturated rings. The van der Waals surface area contributed by atoms with Crippen LogP contribution in [-0.4, -0.2) is 15.0 Å². The van der Waals surface area contributed by atoms with E-state index in [0.717, 1.165) is 16.8 Å². The normalized spacial score (nSPS) is 10.4. The van der Waals surface area contributed by atoms with E-state index in [9.17, 15) is 9.65 Å². The minimum absolute atomic E-state index is 0.400. The van der Waals surface area contributed by atoms with Gasteiger partial charge in [-0.25, -0.2) is 9.37 Å². The van der Waals surface area contributed by atoms with Gasteiger partial charge in [-0.15, -0.1) is 11.3 Å². The second-order valence-electron chi connectivity index (χ2n) is 4.55. The van der Waals surface area contributed by atoms with E-state index < -0.39 is 5.82 Å². The number of hydrogen-bond acceptors (Lipinski definition) is 5. The summed E-state index contributed by atoms with van der Waals surface area (Å²) >= 11 is 1.40. The Balaban J connectivity index is 2.16. The molecule has 4 nitrogen and oxygen atoms in total. The van der Waals surface area contributed by atoms with Gasteiger partial charge in [0.2, 0.25) is 0 Å². The van der Waals surface area contributed by atoms with Crippen LogP contribution in [0.4, 0.5) is 4.39 Å². The van der Waals surface area contributed by atoms with Crippen molar-refractivity contribution in [3.05, 3.63) is 53.9 Å². The van der Waals surface area contributed by atoms with Crippen LogP contribution in [0.25, 0.3) is 21.1 Å². The summed E-state index contributed by atoms with van der Waals surface area (Å²) in [4.78, 5) is 13.6. The van der Waals surface area contributed by atoms with Gasteiger partial charge in [0.25, 0.3) is 0 Å². The van der Waals surface area contributed by atoms with Crippen molar-refractivity contribution in [3.63, 3.8) is 0 Å². The Kier molecular flexibility index (Phi) is 3.90. The molecule has 0 bridgehead atoms. The Bertz CT molecular complexity index is 867. The number of halogens is 1. The molecule has 0 aliphatic carbocycles. The predicted molar refractivity (Wildman–Crippen MR) is 82.6 cm³/mol. The molecule has 0 radical (unpaired) electrons. The number of rotatable bonds is 3. The van der Waals surface area contributed by atoms with Gasteiger partial charge in [-0.2, -0.15) is 5.26 Å². The summed E-state index contributed by atoms with van der Waals surface area (Å²) in [6, 6.07) is 7.00. The van der Waals surface area contributed by atoms with Crippen LogP contribution in [0.5, 0.6) is 0 Å². The largest absolute Gasteiger partial charge is 0.261 e. The van der Waals surface area contributed by atoms with Gasteiger partial charge in [-0.05, 0) is 24.6 Å². The Morgan fingerprint density at radius 2 is 2.23 bits per heavy atom. The highest BCUT2D eigenvalue weighted by atomic mass is 32.1. The molecule has 6 heteroatoms. The zero-order chi connectivity index (χ0) is 15.5. The van der Waals surface area contributed by atoms with Crippen LogP contribution in [0.2, 0.25) is 0 Å². The number of thiazole rings is 1. The molecule has 0 unspecified atom stereocenters. The molecule has 3 aromatic heterocycles. The van der Waals surface area contributed by atoms with Crippen LogP contribution in [0.15, 0.2) is 36.8 Å². The first-order valence-electron chi connectivity index (χ1n) is 6.69. The second kappa shape index (κ2) is 6.00. The Morgan fingerprint density at radius 1 is 1.36 bits per heavy atom. The van der Waals surface area contributed by atoms with Gasteiger partial charge in [0, 0.05) is 18.0 Å². The first-order valence-corrected chi connectivity index (χ1v) is 7.50. The fourth-order valence-corrected chi connectivity index (χ4v) is 3.25. The van der Waals surface area contributed by atoms with Crippen molar-refractivity contribution in [1.29, 1.82) is 5.26 Å². The smallest absolute Gasteiger partial charge is 0.142 e. The summed E-state index contributed by atoms with van der Waals surface area (Å²) in [5.74, 6) is -0.400. The lowest BCUT2D eigenvalue weighted by atomic mass is 10.1. The molecule has 0 atom stereocenters. The number of pyridine rings is 2. The van der Waals surface area contributed by atoms with E-state index in [1.165, 1.54) is 17.4 Å². The SMILES string of the molecule is CCc1nc(-c2cncc(F)c2)sc1-c1ncccc1C#N. The first-order chi connectivity index (χ1) is 10.7. The number of aryl methyl sites for hydroxylation is 1. The average molecular weight is 310 g/mol. The summed E-state index contributed by atoms with van der Waals surface area (Å²) < 4.78 is 13.3. The van der Waals surface area contributed by atoms with Gasteiger partial charge in [0.15, 0.2) is 0 Å². The number of aromatic nitrogens is 3. The summed E-state index contributed by atoms with van der Waals surface area (Å²) in [7, 11) is 0. The molecule has 0 saturated heterocycles. The fraction of sp³-hybridized carbons (Fsp3) is 0.125. The van der Waals surface area contributed by atoms with Gasteiger partial charge in [-0.3, -0.25) is 9.97 Å². The summed E-state index contributed by atoms with van der Waals surface area (Å²) in [5.41, 5.74) is 2.60. The maximum absolute atomic E-state index is 13.3. The molecule has 0 amide bonds. The van der Waals surface area contributed by atoms with Gasteiger partial charge in [0.1, 0.15) is 16.9 Å². The van der Waals surface area contributed by atoms with Crippen LogP contribution in [0.1, 0.15) is 18.2 Å². The fourth-order valence-electron chi connectivity index (χ4n) is 2.11. The lowest BCUT2D eigenvalue weighted by molar-refractivity contribution is 0.622. The zero-order valence-corrected chi connectivity index (χ0v) is 12.6. The Labute approximate surface area is 130 Å². The van der Waals surface area contributed by atoms with Crippen LogP contribution in [-0.2, 0) is 6.42 Å². The van der Waals surface area contributed by atoms with Gasteiger partial charge < -0.3 is 0 Å². The van der Waals surface area contributed by atoms with E-state index in [0.29, 0.717) is 28.2 Å². The lowest BCUT2D eigenvalue weighted by Gasteiger charge is -2.00. The molecule has 108 valence electrons. The molecule has 3 rings (SSSR count). The number of hydrogen-bond donors (Lipinski definition) is 0. The third-order valence-corrected chi connectivity index (χ3v) is 4.28. The Hall–Kier alpha value is -2.65. The molecule has 0 aliphatic rings. The molecule has 0 aliphatic heterocycles. The highest BCUT2D eigenvalue weighted by Crippen LogP contribution is 2.36. The summed E-state index contributed by atoms with van der Waals surface area (Å²) in [5, 5.41) is 9.91. The molecule has 3 heterocycles. The van der Waals surface area contributed by atoms with Gasteiger partial charge in [0.05, 0.1) is 28.0 Å². The molecule has 0 spiro atoms. The minimum Gasteiger partial charge on any atom is -0.261 e. The van der Waals surface area contributed by atoms with Crippen molar-refractivity contribution >= 4 is 11.3 Å². The molecule has 0 N–H and O–H groups in total. The van der Waals surface area contributed by atoms with Crippen molar-refractivity contribution in [2.24, 2.45) is 0 Å². The third kappa shape index (κ3) is 2.59. The first kappa shape index (κ1) is 14.3. The maximum Gasteiger partial charge on any atom is 0.142 e. The third-order valence-electron chi connectivity index (χ3n) is 3.13. The van der Waals surface area contributed by atoms with E-state index in [2.05, 4.69) is 21.0 Å². The molecule has 3 aromatic rings. The van der Waals surface area contributed by atoms with E-state index in [1.54, 1.807) is 24.5 Å². The van der Waals surface area contributed by atoms with E-state index in [-0.39, 0.29) is 0 Å². The average Bonchev–Trinajstić information content (AvgIpc) is 2.99. The van der Waals surface area contributed by atoms with Crippen LogP contribution in [0, 0.1) is 17.1 Å². The molecular weight excluding hydrogens is 299 g/mol. The molecule has 22 heavy (non-hydrogen) atoms. The Morgan fingerprint density at radius 3 is 2.95 bits per heavy atom. The van der Waals surface area contributed by atoms with Crippen LogP contribution < -0.4 is 0 Å². The van der Waals surface area contributed by atoms with Crippen molar-refractivity contribution in [2.75, 3.05) is 0 Å². The molecule has 0 saturated carbocycles. The zero-order valence-electron chi connectivity index (χ0n) is 11.7. The summed E-state index contributed by atoms with van der Waals surface area (Å²) in [6.45, 7) is 1.99. The van der Waals surface area contributed by atoms with Crippen molar-refractivity contribution in [3.8, 4) is 27.2 Å². The predicted octanol–water partition coefficient (Wildman–Crippen LogP) is 3.84. The monoisotopic (exact) mass is 310 g/mol. The second-order valence-corrected chi connectivity index (χ2v) is 5.55. The van der Waals surface area contributed by atoms with Gasteiger partial charge >= 0.3 is 0 Å². The van der Waals surface area contributed by atoms with Crippen molar-refractivity contribution in [2.45, 2.75) is 13.3 Å². The quantitative estimate of drug-likeness (QED) is 0.737.